The van der Waals surface area contributed by atoms with Gasteiger partial charge < -0.3 is 14.0 Å². The largest absolute Gasteiger partial charge is 0.468 e. The highest BCUT2D eigenvalue weighted by Gasteiger charge is 2.21. The molecule has 20 heavy (non-hydrogen) atoms. The lowest BCUT2D eigenvalue weighted by Gasteiger charge is -2.08. The number of imidazole rings is 1. The quantitative estimate of drug-likeness (QED) is 0.790. The Morgan fingerprint density at radius 1 is 1.15 bits per heavy atom. The summed E-state index contributed by atoms with van der Waals surface area (Å²) in [4.78, 5) is 27.2. The van der Waals surface area contributed by atoms with Crippen LogP contribution in [-0.2, 0) is 20.8 Å². The van der Waals surface area contributed by atoms with Gasteiger partial charge in [-0.2, -0.15) is 0 Å². The summed E-state index contributed by atoms with van der Waals surface area (Å²) in [6, 6.07) is 9.20. The zero-order valence-electron chi connectivity index (χ0n) is 11.2. The molecule has 0 radical (unpaired) electrons. The first kappa shape index (κ1) is 13.8. The summed E-state index contributed by atoms with van der Waals surface area (Å²) in [6.45, 7) is -0.0231. The van der Waals surface area contributed by atoms with Gasteiger partial charge in [-0.05, 0) is 0 Å². The predicted molar refractivity (Wildman–Crippen MR) is 71.0 cm³/mol. The standard InChI is InChI=1S/C14H14N2O4/c1-19-11(17)8-16-9-15-12(14(18)20-2)13(16)10-6-4-3-5-7-10/h3-7,9H,8H2,1-2H3. The third-order valence-corrected chi connectivity index (χ3v) is 2.79. The molecule has 0 unspecified atom stereocenters. The molecule has 0 atom stereocenters. The van der Waals surface area contributed by atoms with Crippen molar-refractivity contribution in [1.82, 2.24) is 9.55 Å². The van der Waals surface area contributed by atoms with Crippen LogP contribution in [0.4, 0.5) is 0 Å². The smallest absolute Gasteiger partial charge is 0.358 e. The average molecular weight is 274 g/mol. The van der Waals surface area contributed by atoms with Gasteiger partial charge in [-0.3, -0.25) is 4.79 Å². The zero-order valence-corrected chi connectivity index (χ0v) is 11.2. The summed E-state index contributed by atoms with van der Waals surface area (Å²) < 4.78 is 10.9. The van der Waals surface area contributed by atoms with E-state index in [9.17, 15) is 9.59 Å². The van der Waals surface area contributed by atoms with Gasteiger partial charge in [0.1, 0.15) is 6.54 Å². The van der Waals surface area contributed by atoms with Gasteiger partial charge >= 0.3 is 11.9 Å². The lowest BCUT2D eigenvalue weighted by atomic mass is 10.1. The number of ether oxygens (including phenoxy) is 2. The number of carbonyl (C=O) groups is 2. The monoisotopic (exact) mass is 274 g/mol. The minimum Gasteiger partial charge on any atom is -0.468 e. The van der Waals surface area contributed by atoms with Crippen molar-refractivity contribution < 1.29 is 19.1 Å². The van der Waals surface area contributed by atoms with Crippen molar-refractivity contribution in [2.24, 2.45) is 0 Å². The van der Waals surface area contributed by atoms with E-state index in [-0.39, 0.29) is 12.2 Å². The van der Waals surface area contributed by atoms with Crippen molar-refractivity contribution in [3.63, 3.8) is 0 Å². The number of methoxy groups -OCH3 is 2. The number of nitrogens with zero attached hydrogens (tertiary/aromatic N) is 2. The minimum atomic E-state index is -0.549. The Hall–Kier alpha value is -2.63. The molecule has 0 amide bonds. The van der Waals surface area contributed by atoms with Crippen LogP contribution in [-0.4, -0.2) is 35.7 Å². The number of aromatic nitrogens is 2. The summed E-state index contributed by atoms with van der Waals surface area (Å²) in [5.74, 6) is -0.969. The zero-order chi connectivity index (χ0) is 14.5. The molecule has 0 saturated carbocycles. The van der Waals surface area contributed by atoms with Crippen LogP contribution < -0.4 is 0 Å². The number of hydrogen-bond donors (Lipinski definition) is 0. The Bertz CT molecular complexity index is 619. The molecule has 104 valence electrons. The van der Waals surface area contributed by atoms with Gasteiger partial charge in [0.15, 0.2) is 5.69 Å². The highest BCUT2D eigenvalue weighted by Crippen LogP contribution is 2.23. The molecule has 1 aromatic heterocycles. The Morgan fingerprint density at radius 2 is 1.85 bits per heavy atom. The lowest BCUT2D eigenvalue weighted by Crippen LogP contribution is -2.13. The van der Waals surface area contributed by atoms with Crippen molar-refractivity contribution >= 4 is 11.9 Å². The molecule has 0 aliphatic heterocycles. The third-order valence-electron chi connectivity index (χ3n) is 2.79. The SMILES string of the molecule is COC(=O)Cn1cnc(C(=O)OC)c1-c1ccccc1. The van der Waals surface area contributed by atoms with Gasteiger partial charge in [0.2, 0.25) is 0 Å². The summed E-state index contributed by atoms with van der Waals surface area (Å²) in [5, 5.41) is 0. The third kappa shape index (κ3) is 2.69. The molecule has 0 N–H and O–H groups in total. The molecule has 2 aromatic rings. The van der Waals surface area contributed by atoms with Crippen molar-refractivity contribution in [3.8, 4) is 11.3 Å². The molecule has 0 bridgehead atoms. The molecular formula is C14H14N2O4. The molecule has 1 aromatic carbocycles. The van der Waals surface area contributed by atoms with Gasteiger partial charge in [0.05, 0.1) is 26.2 Å². The molecule has 0 spiro atoms. The first-order valence-electron chi connectivity index (χ1n) is 5.93. The Balaban J connectivity index is 2.51. The van der Waals surface area contributed by atoms with Crippen LogP contribution in [0.2, 0.25) is 0 Å². The van der Waals surface area contributed by atoms with E-state index in [4.69, 9.17) is 4.74 Å². The first-order chi connectivity index (χ1) is 9.67. The maximum Gasteiger partial charge on any atom is 0.358 e. The molecule has 0 saturated heterocycles. The van der Waals surface area contributed by atoms with Gasteiger partial charge in [0.25, 0.3) is 0 Å². The summed E-state index contributed by atoms with van der Waals surface area (Å²) in [6.07, 6.45) is 1.42. The van der Waals surface area contributed by atoms with Crippen LogP contribution in [0.3, 0.4) is 0 Å². The second kappa shape index (κ2) is 6.01. The summed E-state index contributed by atoms with van der Waals surface area (Å²) in [5.41, 5.74) is 1.47. The maximum atomic E-state index is 11.8. The molecule has 6 nitrogen and oxygen atoms in total. The summed E-state index contributed by atoms with van der Waals surface area (Å²) >= 11 is 0. The van der Waals surface area contributed by atoms with Crippen molar-refractivity contribution in [3.05, 3.63) is 42.4 Å². The topological polar surface area (TPSA) is 70.4 Å². The lowest BCUT2D eigenvalue weighted by molar-refractivity contribution is -0.141. The molecule has 0 aliphatic carbocycles. The molecule has 2 rings (SSSR count). The van der Waals surface area contributed by atoms with Crippen molar-refractivity contribution in [2.75, 3.05) is 14.2 Å². The first-order valence-corrected chi connectivity index (χ1v) is 5.93. The predicted octanol–water partition coefficient (Wildman–Crippen LogP) is 1.51. The van der Waals surface area contributed by atoms with Gasteiger partial charge in [-0.1, -0.05) is 30.3 Å². The number of carbonyl (C=O) groups excluding carboxylic acids is 2. The molecule has 0 aliphatic rings. The summed E-state index contributed by atoms with van der Waals surface area (Å²) in [7, 11) is 2.60. The van der Waals surface area contributed by atoms with E-state index in [2.05, 4.69) is 9.72 Å². The van der Waals surface area contributed by atoms with E-state index >= 15 is 0 Å². The van der Waals surface area contributed by atoms with E-state index in [0.717, 1.165) is 5.56 Å². The second-order valence-electron chi connectivity index (χ2n) is 4.00. The number of benzene rings is 1. The van der Waals surface area contributed by atoms with Crippen molar-refractivity contribution in [1.29, 1.82) is 0 Å². The number of rotatable bonds is 4. The fourth-order valence-electron chi connectivity index (χ4n) is 1.85. The van der Waals surface area contributed by atoms with Crippen LogP contribution in [0.25, 0.3) is 11.3 Å². The fraction of sp³-hybridized carbons (Fsp3) is 0.214. The average Bonchev–Trinajstić information content (AvgIpc) is 2.90. The highest BCUT2D eigenvalue weighted by atomic mass is 16.5. The van der Waals surface area contributed by atoms with Crippen LogP contribution in [0, 0.1) is 0 Å². The van der Waals surface area contributed by atoms with Crippen LogP contribution >= 0.6 is 0 Å². The Morgan fingerprint density at radius 3 is 2.45 bits per heavy atom. The molecule has 1 heterocycles. The van der Waals surface area contributed by atoms with Gasteiger partial charge in [-0.15, -0.1) is 0 Å². The minimum absolute atomic E-state index is 0.0231. The second-order valence-corrected chi connectivity index (χ2v) is 4.00. The number of esters is 2. The molecular weight excluding hydrogens is 260 g/mol. The maximum absolute atomic E-state index is 11.8. The molecule has 0 fully saturated rings. The van der Waals surface area contributed by atoms with Gasteiger partial charge in [-0.25, -0.2) is 9.78 Å². The van der Waals surface area contributed by atoms with Crippen molar-refractivity contribution in [2.45, 2.75) is 6.54 Å². The van der Waals surface area contributed by atoms with Gasteiger partial charge in [0, 0.05) is 5.56 Å². The molecule has 6 heteroatoms. The van der Waals surface area contributed by atoms with Crippen LogP contribution in [0.5, 0.6) is 0 Å². The van der Waals surface area contributed by atoms with Crippen LogP contribution in [0.15, 0.2) is 36.7 Å². The van der Waals surface area contributed by atoms with E-state index < -0.39 is 11.9 Å². The van der Waals surface area contributed by atoms with Crippen LogP contribution in [0.1, 0.15) is 10.5 Å². The van der Waals surface area contributed by atoms with E-state index in [1.165, 1.54) is 20.5 Å². The Kier molecular flexibility index (Phi) is 4.14. The fourth-order valence-corrected chi connectivity index (χ4v) is 1.85. The Labute approximate surface area is 116 Å². The van der Waals surface area contributed by atoms with E-state index in [1.54, 1.807) is 4.57 Å². The number of hydrogen-bond acceptors (Lipinski definition) is 5. The van der Waals surface area contributed by atoms with E-state index in [0.29, 0.717) is 5.69 Å². The normalized spacial score (nSPS) is 10.1. The van der Waals surface area contributed by atoms with E-state index in [1.807, 2.05) is 30.3 Å². The highest BCUT2D eigenvalue weighted by molar-refractivity contribution is 5.94.